The van der Waals surface area contributed by atoms with Crippen LogP contribution in [-0.2, 0) is 4.79 Å². The van der Waals surface area contributed by atoms with Gasteiger partial charge in [-0.05, 0) is 26.2 Å². The molecule has 0 aromatic rings. The molecule has 1 fully saturated rings. The van der Waals surface area contributed by atoms with Crippen LogP contribution in [0.25, 0.3) is 0 Å². The largest absolute Gasteiger partial charge is 0.339 e. The van der Waals surface area contributed by atoms with Gasteiger partial charge in [-0.25, -0.2) is 0 Å². The van der Waals surface area contributed by atoms with Gasteiger partial charge in [0.15, 0.2) is 0 Å². The summed E-state index contributed by atoms with van der Waals surface area (Å²) in [4.78, 5) is 13.6. The van der Waals surface area contributed by atoms with Gasteiger partial charge in [-0.1, -0.05) is 6.08 Å². The van der Waals surface area contributed by atoms with Crippen molar-refractivity contribution in [3.63, 3.8) is 0 Å². The summed E-state index contributed by atoms with van der Waals surface area (Å²) in [6, 6.07) is -0.0265. The molecule has 0 spiro atoms. The molecule has 13 heavy (non-hydrogen) atoms. The average molecular weight is 182 g/mol. The van der Waals surface area contributed by atoms with Crippen molar-refractivity contribution in [1.82, 2.24) is 4.90 Å². The molecule has 1 rings (SSSR count). The van der Waals surface area contributed by atoms with Gasteiger partial charge in [-0.2, -0.15) is 0 Å². The quantitative estimate of drug-likeness (QED) is 0.659. The van der Waals surface area contributed by atoms with Gasteiger partial charge >= 0.3 is 0 Å². The maximum Gasteiger partial charge on any atom is 0.240 e. The lowest BCUT2D eigenvalue weighted by Crippen LogP contribution is -2.44. The van der Waals surface area contributed by atoms with Gasteiger partial charge in [-0.15, -0.1) is 6.58 Å². The second-order valence-corrected chi connectivity index (χ2v) is 3.65. The normalized spacial score (nSPS) is 24.5. The van der Waals surface area contributed by atoms with Gasteiger partial charge in [0.05, 0.1) is 6.04 Å². The highest BCUT2D eigenvalue weighted by Crippen LogP contribution is 2.17. The number of rotatable bonds is 3. The number of nitrogens with zero attached hydrogens (tertiary/aromatic N) is 1. The zero-order chi connectivity index (χ0) is 9.84. The fourth-order valence-electron chi connectivity index (χ4n) is 1.75. The van der Waals surface area contributed by atoms with E-state index < -0.39 is 6.04 Å². The molecule has 0 radical (unpaired) electrons. The summed E-state index contributed by atoms with van der Waals surface area (Å²) in [6.07, 6.45) is 4.48. The molecule has 0 aromatic heterocycles. The molecule has 74 valence electrons. The van der Waals surface area contributed by atoms with E-state index in [0.29, 0.717) is 12.5 Å². The van der Waals surface area contributed by atoms with Crippen molar-refractivity contribution in [3.05, 3.63) is 12.7 Å². The minimum Gasteiger partial charge on any atom is -0.339 e. The predicted octanol–water partition coefficient (Wildman–Crippen LogP) is 0.901. The first-order valence-electron chi connectivity index (χ1n) is 4.83. The van der Waals surface area contributed by atoms with Crippen LogP contribution >= 0.6 is 0 Å². The second-order valence-electron chi connectivity index (χ2n) is 3.65. The van der Waals surface area contributed by atoms with Gasteiger partial charge in [0, 0.05) is 12.6 Å². The Balaban J connectivity index is 2.50. The Hall–Kier alpha value is -0.830. The molecule has 2 unspecified atom stereocenters. The van der Waals surface area contributed by atoms with Crippen molar-refractivity contribution in [1.29, 1.82) is 0 Å². The van der Waals surface area contributed by atoms with E-state index in [1.165, 1.54) is 0 Å². The van der Waals surface area contributed by atoms with Crippen LogP contribution in [0.2, 0.25) is 0 Å². The van der Waals surface area contributed by atoms with E-state index in [-0.39, 0.29) is 5.91 Å². The van der Waals surface area contributed by atoms with Crippen molar-refractivity contribution in [2.75, 3.05) is 6.54 Å². The maximum atomic E-state index is 11.7. The first-order chi connectivity index (χ1) is 6.16. The summed E-state index contributed by atoms with van der Waals surface area (Å²) >= 11 is 0. The highest BCUT2D eigenvalue weighted by molar-refractivity contribution is 5.82. The van der Waals surface area contributed by atoms with Gasteiger partial charge in [0.2, 0.25) is 5.91 Å². The van der Waals surface area contributed by atoms with Crippen LogP contribution in [0.4, 0.5) is 0 Å². The molecule has 2 N–H and O–H groups in total. The third-order valence-corrected chi connectivity index (χ3v) is 2.57. The van der Waals surface area contributed by atoms with E-state index in [1.807, 2.05) is 4.90 Å². The lowest BCUT2D eigenvalue weighted by Gasteiger charge is -2.24. The highest BCUT2D eigenvalue weighted by Gasteiger charge is 2.27. The molecule has 1 aliphatic rings. The van der Waals surface area contributed by atoms with Crippen LogP contribution in [0.1, 0.15) is 26.2 Å². The van der Waals surface area contributed by atoms with Gasteiger partial charge in [-0.3, -0.25) is 4.79 Å². The van der Waals surface area contributed by atoms with Crippen molar-refractivity contribution in [2.24, 2.45) is 5.73 Å². The van der Waals surface area contributed by atoms with E-state index in [4.69, 9.17) is 5.73 Å². The third kappa shape index (κ3) is 2.31. The Labute approximate surface area is 79.6 Å². The summed E-state index contributed by atoms with van der Waals surface area (Å²) in [6.45, 7) is 6.52. The third-order valence-electron chi connectivity index (χ3n) is 2.57. The highest BCUT2D eigenvalue weighted by atomic mass is 16.2. The molecule has 0 bridgehead atoms. The standard InChI is InChI=1S/C10H18N2O/c1-3-5-9(11)10(13)12-7-4-6-8(12)2/h3,8-9H,1,4-7,11H2,2H3. The maximum absolute atomic E-state index is 11.7. The Kier molecular flexibility index (Phi) is 3.48. The first-order valence-corrected chi connectivity index (χ1v) is 4.83. The topological polar surface area (TPSA) is 46.3 Å². The smallest absolute Gasteiger partial charge is 0.240 e. The predicted molar refractivity (Wildman–Crippen MR) is 53.2 cm³/mol. The molecule has 2 atom stereocenters. The average Bonchev–Trinajstić information content (AvgIpc) is 2.50. The summed E-state index contributed by atoms with van der Waals surface area (Å²) in [7, 11) is 0. The number of carbonyl (C=O) groups excluding carboxylic acids is 1. The monoisotopic (exact) mass is 182 g/mol. The van der Waals surface area contributed by atoms with Crippen LogP contribution < -0.4 is 5.73 Å². The van der Waals surface area contributed by atoms with E-state index in [0.717, 1.165) is 19.4 Å². The van der Waals surface area contributed by atoms with E-state index >= 15 is 0 Å². The number of nitrogens with two attached hydrogens (primary N) is 1. The summed E-state index contributed by atoms with van der Waals surface area (Å²) in [5.41, 5.74) is 5.71. The number of hydrogen-bond acceptors (Lipinski definition) is 2. The van der Waals surface area contributed by atoms with Crippen LogP contribution in [0, 0.1) is 0 Å². The molecule has 1 aliphatic heterocycles. The van der Waals surface area contributed by atoms with Crippen LogP contribution in [0.15, 0.2) is 12.7 Å². The molecular formula is C10H18N2O. The fourth-order valence-corrected chi connectivity index (χ4v) is 1.75. The first kappa shape index (κ1) is 10.3. The fraction of sp³-hybridized carbons (Fsp3) is 0.700. The Morgan fingerprint density at radius 1 is 1.85 bits per heavy atom. The van der Waals surface area contributed by atoms with Gasteiger partial charge in [0.25, 0.3) is 0 Å². The number of hydrogen-bond donors (Lipinski definition) is 1. The van der Waals surface area contributed by atoms with Gasteiger partial charge < -0.3 is 10.6 Å². The van der Waals surface area contributed by atoms with E-state index in [1.54, 1.807) is 6.08 Å². The van der Waals surface area contributed by atoms with Crippen molar-refractivity contribution in [2.45, 2.75) is 38.3 Å². The van der Waals surface area contributed by atoms with E-state index in [2.05, 4.69) is 13.5 Å². The summed E-state index contributed by atoms with van der Waals surface area (Å²) in [5.74, 6) is 0.0740. The molecule has 3 nitrogen and oxygen atoms in total. The van der Waals surface area contributed by atoms with Gasteiger partial charge in [0.1, 0.15) is 0 Å². The Morgan fingerprint density at radius 2 is 2.54 bits per heavy atom. The van der Waals surface area contributed by atoms with Crippen LogP contribution in [0.5, 0.6) is 0 Å². The molecule has 0 aromatic carbocycles. The van der Waals surface area contributed by atoms with Crippen molar-refractivity contribution in [3.8, 4) is 0 Å². The zero-order valence-corrected chi connectivity index (χ0v) is 8.20. The molecule has 0 saturated carbocycles. The minimum absolute atomic E-state index is 0.0740. The van der Waals surface area contributed by atoms with E-state index in [9.17, 15) is 4.79 Å². The summed E-state index contributed by atoms with van der Waals surface area (Å²) in [5, 5.41) is 0. The Bertz CT molecular complexity index is 203. The Morgan fingerprint density at radius 3 is 3.00 bits per heavy atom. The zero-order valence-electron chi connectivity index (χ0n) is 8.20. The number of likely N-dealkylation sites (tertiary alicyclic amines) is 1. The summed E-state index contributed by atoms with van der Waals surface area (Å²) < 4.78 is 0. The minimum atomic E-state index is -0.391. The molecular weight excluding hydrogens is 164 g/mol. The van der Waals surface area contributed by atoms with Crippen molar-refractivity contribution >= 4 is 5.91 Å². The second kappa shape index (κ2) is 4.42. The number of carbonyl (C=O) groups is 1. The molecule has 1 heterocycles. The SMILES string of the molecule is C=CCC(N)C(=O)N1CCCC1C. The van der Waals surface area contributed by atoms with Crippen molar-refractivity contribution < 1.29 is 4.79 Å². The lowest BCUT2D eigenvalue weighted by atomic mass is 10.2. The van der Waals surface area contributed by atoms with Crippen LogP contribution in [-0.4, -0.2) is 29.4 Å². The molecule has 3 heteroatoms. The molecule has 1 amide bonds. The molecule has 0 aliphatic carbocycles. The lowest BCUT2D eigenvalue weighted by molar-refractivity contribution is -0.133. The van der Waals surface area contributed by atoms with Crippen LogP contribution in [0.3, 0.4) is 0 Å². The molecule has 1 saturated heterocycles. The number of amides is 1.